The summed E-state index contributed by atoms with van der Waals surface area (Å²) in [7, 11) is 1.90. The number of hydrogen-bond donors (Lipinski definition) is 2. The van der Waals surface area contributed by atoms with E-state index in [1.807, 2.05) is 7.05 Å². The van der Waals surface area contributed by atoms with Gasteiger partial charge in [0.25, 0.3) is 0 Å². The Balaban J connectivity index is 2.12. The summed E-state index contributed by atoms with van der Waals surface area (Å²) in [5.74, 6) is 1.22. The molecule has 16 heavy (non-hydrogen) atoms. The van der Waals surface area contributed by atoms with Gasteiger partial charge in [-0.05, 0) is 25.8 Å². The van der Waals surface area contributed by atoms with Crippen molar-refractivity contribution in [2.24, 2.45) is 11.8 Å². The summed E-state index contributed by atoms with van der Waals surface area (Å²) in [5, 5.41) is 6.14. The Hall–Kier alpha value is -0.570. The van der Waals surface area contributed by atoms with Crippen LogP contribution in [0.4, 0.5) is 0 Å². The minimum Gasteiger partial charge on any atom is -0.356 e. The van der Waals surface area contributed by atoms with Crippen LogP contribution in [-0.4, -0.2) is 26.0 Å². The van der Waals surface area contributed by atoms with E-state index in [9.17, 15) is 4.79 Å². The van der Waals surface area contributed by atoms with Crippen LogP contribution in [0.3, 0.4) is 0 Å². The summed E-state index contributed by atoms with van der Waals surface area (Å²) in [5.41, 5.74) is 0. The number of rotatable bonds is 7. The molecule has 1 rings (SSSR count). The molecule has 1 saturated carbocycles. The first-order valence-electron chi connectivity index (χ1n) is 6.70. The lowest BCUT2D eigenvalue weighted by molar-refractivity contribution is -0.124. The molecule has 1 aliphatic rings. The maximum absolute atomic E-state index is 11.8. The van der Waals surface area contributed by atoms with Crippen molar-refractivity contribution in [1.29, 1.82) is 0 Å². The van der Waals surface area contributed by atoms with Crippen molar-refractivity contribution in [2.45, 2.75) is 45.4 Å². The predicted molar refractivity (Wildman–Crippen MR) is 67.3 cm³/mol. The summed E-state index contributed by atoms with van der Waals surface area (Å²) >= 11 is 0. The van der Waals surface area contributed by atoms with Crippen LogP contribution in [0, 0.1) is 11.8 Å². The molecule has 0 spiro atoms. The van der Waals surface area contributed by atoms with Gasteiger partial charge in [-0.2, -0.15) is 0 Å². The van der Waals surface area contributed by atoms with Gasteiger partial charge in [0.15, 0.2) is 0 Å². The zero-order valence-corrected chi connectivity index (χ0v) is 10.7. The smallest absolute Gasteiger partial charge is 0.224 e. The Kier molecular flexibility index (Phi) is 6.46. The van der Waals surface area contributed by atoms with Crippen molar-refractivity contribution in [3.05, 3.63) is 0 Å². The molecular weight excluding hydrogens is 200 g/mol. The van der Waals surface area contributed by atoms with Crippen molar-refractivity contribution in [1.82, 2.24) is 10.6 Å². The number of hydrogen-bond acceptors (Lipinski definition) is 2. The summed E-state index contributed by atoms with van der Waals surface area (Å²) in [6, 6.07) is 0. The molecule has 3 nitrogen and oxygen atoms in total. The third-order valence-electron chi connectivity index (χ3n) is 3.64. The second-order valence-corrected chi connectivity index (χ2v) is 4.89. The molecular formula is C13H26N2O. The van der Waals surface area contributed by atoms with Gasteiger partial charge in [-0.3, -0.25) is 4.79 Å². The maximum Gasteiger partial charge on any atom is 0.224 e. The number of carbonyl (C=O) groups excluding carboxylic acids is 1. The Morgan fingerprint density at radius 2 is 2.06 bits per heavy atom. The monoisotopic (exact) mass is 226 g/mol. The van der Waals surface area contributed by atoms with Gasteiger partial charge in [-0.1, -0.05) is 32.6 Å². The minimum absolute atomic E-state index is 0.133. The highest BCUT2D eigenvalue weighted by Crippen LogP contribution is 2.26. The normalized spacial score (nSPS) is 18.6. The highest BCUT2D eigenvalue weighted by atomic mass is 16.1. The average molecular weight is 226 g/mol. The molecule has 0 aromatic carbocycles. The highest BCUT2D eigenvalue weighted by Gasteiger charge is 2.17. The van der Waals surface area contributed by atoms with Gasteiger partial charge in [0.1, 0.15) is 0 Å². The molecule has 1 unspecified atom stereocenters. The third-order valence-corrected chi connectivity index (χ3v) is 3.64. The lowest BCUT2D eigenvalue weighted by Crippen LogP contribution is -2.36. The second-order valence-electron chi connectivity index (χ2n) is 4.89. The zero-order chi connectivity index (χ0) is 11.8. The van der Waals surface area contributed by atoms with Gasteiger partial charge in [0.2, 0.25) is 5.91 Å². The van der Waals surface area contributed by atoms with Gasteiger partial charge >= 0.3 is 0 Å². The molecule has 0 heterocycles. The van der Waals surface area contributed by atoms with Gasteiger partial charge in [0.05, 0.1) is 5.92 Å². The van der Waals surface area contributed by atoms with Crippen LogP contribution in [0.25, 0.3) is 0 Å². The SMILES string of the molecule is CCC(CNC)C(=O)NCCC1CCCC1. The molecule has 1 aliphatic carbocycles. The lowest BCUT2D eigenvalue weighted by atomic mass is 10.0. The first kappa shape index (κ1) is 13.5. The Labute approximate surface area is 99.4 Å². The number of nitrogens with one attached hydrogen (secondary N) is 2. The van der Waals surface area contributed by atoms with Crippen molar-refractivity contribution in [3.63, 3.8) is 0 Å². The van der Waals surface area contributed by atoms with Crippen LogP contribution in [0.5, 0.6) is 0 Å². The summed E-state index contributed by atoms with van der Waals surface area (Å²) < 4.78 is 0. The van der Waals surface area contributed by atoms with Crippen LogP contribution >= 0.6 is 0 Å². The zero-order valence-electron chi connectivity index (χ0n) is 10.7. The summed E-state index contributed by atoms with van der Waals surface area (Å²) in [6.45, 7) is 3.72. The van der Waals surface area contributed by atoms with E-state index in [4.69, 9.17) is 0 Å². The van der Waals surface area contributed by atoms with E-state index in [0.29, 0.717) is 0 Å². The lowest BCUT2D eigenvalue weighted by Gasteiger charge is -2.15. The van der Waals surface area contributed by atoms with Crippen LogP contribution in [0.1, 0.15) is 45.4 Å². The third kappa shape index (κ3) is 4.52. The fourth-order valence-corrected chi connectivity index (χ4v) is 2.51. The molecule has 0 saturated heterocycles. The molecule has 94 valence electrons. The molecule has 0 aromatic heterocycles. The van der Waals surface area contributed by atoms with E-state index < -0.39 is 0 Å². The second kappa shape index (κ2) is 7.66. The highest BCUT2D eigenvalue weighted by molar-refractivity contribution is 5.78. The van der Waals surface area contributed by atoms with Crippen molar-refractivity contribution in [2.75, 3.05) is 20.1 Å². The Morgan fingerprint density at radius 3 is 2.62 bits per heavy atom. The summed E-state index contributed by atoms with van der Waals surface area (Å²) in [4.78, 5) is 11.8. The molecule has 1 fully saturated rings. The fraction of sp³-hybridized carbons (Fsp3) is 0.923. The van der Waals surface area contributed by atoms with Crippen LogP contribution in [0.2, 0.25) is 0 Å². The molecule has 3 heteroatoms. The topological polar surface area (TPSA) is 41.1 Å². The molecule has 0 bridgehead atoms. The fourth-order valence-electron chi connectivity index (χ4n) is 2.51. The molecule has 0 aliphatic heterocycles. The van der Waals surface area contributed by atoms with E-state index in [1.54, 1.807) is 0 Å². The molecule has 0 aromatic rings. The van der Waals surface area contributed by atoms with Crippen molar-refractivity contribution < 1.29 is 4.79 Å². The van der Waals surface area contributed by atoms with E-state index in [-0.39, 0.29) is 11.8 Å². The first-order valence-corrected chi connectivity index (χ1v) is 6.70. The Morgan fingerprint density at radius 1 is 1.38 bits per heavy atom. The minimum atomic E-state index is 0.133. The predicted octanol–water partition coefficient (Wildman–Crippen LogP) is 1.93. The van der Waals surface area contributed by atoms with E-state index >= 15 is 0 Å². The van der Waals surface area contributed by atoms with Gasteiger partial charge in [-0.25, -0.2) is 0 Å². The Bertz CT molecular complexity index is 200. The largest absolute Gasteiger partial charge is 0.356 e. The van der Waals surface area contributed by atoms with E-state index in [2.05, 4.69) is 17.6 Å². The molecule has 2 N–H and O–H groups in total. The standard InChI is InChI=1S/C13H26N2O/c1-3-12(10-14-2)13(16)15-9-8-11-6-4-5-7-11/h11-12,14H,3-10H2,1-2H3,(H,15,16). The summed E-state index contributed by atoms with van der Waals surface area (Å²) in [6.07, 6.45) is 7.58. The average Bonchev–Trinajstić information content (AvgIpc) is 2.78. The van der Waals surface area contributed by atoms with Crippen LogP contribution < -0.4 is 10.6 Å². The van der Waals surface area contributed by atoms with E-state index in [1.165, 1.54) is 32.1 Å². The van der Waals surface area contributed by atoms with Gasteiger partial charge < -0.3 is 10.6 Å². The van der Waals surface area contributed by atoms with Crippen LogP contribution in [0.15, 0.2) is 0 Å². The maximum atomic E-state index is 11.8. The van der Waals surface area contributed by atoms with Crippen LogP contribution in [-0.2, 0) is 4.79 Å². The number of carbonyl (C=O) groups is 1. The first-order chi connectivity index (χ1) is 7.77. The van der Waals surface area contributed by atoms with Gasteiger partial charge in [-0.15, -0.1) is 0 Å². The van der Waals surface area contributed by atoms with Crippen molar-refractivity contribution >= 4 is 5.91 Å². The van der Waals surface area contributed by atoms with Gasteiger partial charge in [0, 0.05) is 13.1 Å². The van der Waals surface area contributed by atoms with Crippen molar-refractivity contribution in [3.8, 4) is 0 Å². The molecule has 0 radical (unpaired) electrons. The van der Waals surface area contributed by atoms with E-state index in [0.717, 1.165) is 25.4 Å². The molecule has 1 amide bonds. The quantitative estimate of drug-likeness (QED) is 0.696. The number of amides is 1. The molecule has 1 atom stereocenters.